The van der Waals surface area contributed by atoms with E-state index in [9.17, 15) is 9.59 Å². The number of hydrogen-bond acceptors (Lipinski definition) is 2. The molecule has 5 heteroatoms. The largest absolute Gasteiger partial charge is 0.326 e. The van der Waals surface area contributed by atoms with Gasteiger partial charge in [-0.25, -0.2) is 0 Å². The van der Waals surface area contributed by atoms with Crippen molar-refractivity contribution in [3.05, 3.63) is 59.1 Å². The van der Waals surface area contributed by atoms with E-state index in [1.165, 1.54) is 0 Å². The van der Waals surface area contributed by atoms with Crippen LogP contribution in [0, 0.1) is 5.92 Å². The summed E-state index contributed by atoms with van der Waals surface area (Å²) in [6, 6.07) is 14.7. The molecule has 1 aliphatic rings. The lowest BCUT2D eigenvalue weighted by Gasteiger charge is -2.09. The fourth-order valence-corrected chi connectivity index (χ4v) is 2.67. The molecule has 1 saturated carbocycles. The van der Waals surface area contributed by atoms with Crippen molar-refractivity contribution in [2.24, 2.45) is 5.92 Å². The molecule has 2 aromatic rings. The minimum absolute atomic E-state index is 0.0530. The van der Waals surface area contributed by atoms with Crippen LogP contribution in [0.5, 0.6) is 0 Å². The zero-order chi connectivity index (χ0) is 16.9. The van der Waals surface area contributed by atoms with Crippen LogP contribution in [-0.2, 0) is 16.0 Å². The molecule has 0 saturated heterocycles. The van der Waals surface area contributed by atoms with Crippen molar-refractivity contribution in [2.75, 3.05) is 10.6 Å². The summed E-state index contributed by atoms with van der Waals surface area (Å²) in [6.45, 7) is 0. The monoisotopic (exact) mass is 342 g/mol. The topological polar surface area (TPSA) is 58.2 Å². The van der Waals surface area contributed by atoms with E-state index in [0.717, 1.165) is 18.4 Å². The Balaban J connectivity index is 1.54. The van der Waals surface area contributed by atoms with Gasteiger partial charge >= 0.3 is 0 Å². The molecule has 1 aliphatic carbocycles. The summed E-state index contributed by atoms with van der Waals surface area (Å²) in [5.41, 5.74) is 2.34. The van der Waals surface area contributed by atoms with Crippen LogP contribution in [0.2, 0.25) is 5.02 Å². The summed E-state index contributed by atoms with van der Waals surface area (Å²) in [4.78, 5) is 23.9. The lowest BCUT2D eigenvalue weighted by atomic mass is 10.1. The number of carbonyl (C=O) groups is 2. The van der Waals surface area contributed by atoms with Crippen molar-refractivity contribution in [3.8, 4) is 0 Å². The van der Waals surface area contributed by atoms with Gasteiger partial charge in [-0.3, -0.25) is 9.59 Å². The Labute approximate surface area is 146 Å². The number of aryl methyl sites for hydroxylation is 1. The number of amides is 2. The van der Waals surface area contributed by atoms with Crippen LogP contribution >= 0.6 is 11.6 Å². The van der Waals surface area contributed by atoms with Gasteiger partial charge in [0.25, 0.3) is 0 Å². The highest BCUT2D eigenvalue weighted by atomic mass is 35.5. The van der Waals surface area contributed by atoms with Gasteiger partial charge in [0.15, 0.2) is 0 Å². The molecule has 0 radical (unpaired) electrons. The third-order valence-electron chi connectivity index (χ3n) is 3.94. The minimum Gasteiger partial charge on any atom is -0.326 e. The Kier molecular flexibility index (Phi) is 5.16. The minimum atomic E-state index is -0.0828. The number of hydrogen-bond donors (Lipinski definition) is 2. The second-order valence-corrected chi connectivity index (χ2v) is 6.39. The number of benzene rings is 2. The van der Waals surface area contributed by atoms with Crippen LogP contribution < -0.4 is 10.6 Å². The van der Waals surface area contributed by atoms with E-state index < -0.39 is 0 Å². The summed E-state index contributed by atoms with van der Waals surface area (Å²) in [6.07, 6.45) is 2.86. The highest BCUT2D eigenvalue weighted by molar-refractivity contribution is 6.31. The maximum Gasteiger partial charge on any atom is 0.227 e. The van der Waals surface area contributed by atoms with Crippen molar-refractivity contribution >= 4 is 34.8 Å². The normalized spacial score (nSPS) is 13.4. The summed E-state index contributed by atoms with van der Waals surface area (Å²) < 4.78 is 0. The molecule has 2 N–H and O–H groups in total. The van der Waals surface area contributed by atoms with Gasteiger partial charge in [-0.1, -0.05) is 35.9 Å². The van der Waals surface area contributed by atoms with E-state index in [1.54, 1.807) is 12.1 Å². The molecular weight excluding hydrogens is 324 g/mol. The third kappa shape index (κ3) is 4.59. The van der Waals surface area contributed by atoms with E-state index in [-0.39, 0.29) is 17.7 Å². The quantitative estimate of drug-likeness (QED) is 0.824. The van der Waals surface area contributed by atoms with Crippen LogP contribution in [-0.4, -0.2) is 11.8 Å². The Morgan fingerprint density at radius 2 is 1.71 bits per heavy atom. The fourth-order valence-electron chi connectivity index (χ4n) is 2.44. The Bertz CT molecular complexity index is 757. The predicted octanol–water partition coefficient (Wildman–Crippen LogP) is 4.26. The molecule has 0 atom stereocenters. The van der Waals surface area contributed by atoms with Crippen molar-refractivity contribution in [2.45, 2.75) is 25.7 Å². The number of halogens is 1. The molecule has 3 rings (SSSR count). The third-order valence-corrected chi connectivity index (χ3v) is 4.31. The average Bonchev–Trinajstić information content (AvgIpc) is 3.39. The SMILES string of the molecule is O=C(CCc1ccccc1Cl)Nc1cccc(NC(=O)C2CC2)c1. The lowest BCUT2D eigenvalue weighted by molar-refractivity contribution is -0.117. The smallest absolute Gasteiger partial charge is 0.227 e. The number of rotatable bonds is 6. The molecule has 1 fully saturated rings. The van der Waals surface area contributed by atoms with Crippen molar-refractivity contribution in [3.63, 3.8) is 0 Å². The van der Waals surface area contributed by atoms with Crippen LogP contribution in [0.4, 0.5) is 11.4 Å². The van der Waals surface area contributed by atoms with Crippen LogP contribution in [0.1, 0.15) is 24.8 Å². The van der Waals surface area contributed by atoms with Crippen LogP contribution in [0.3, 0.4) is 0 Å². The second-order valence-electron chi connectivity index (χ2n) is 5.98. The maximum absolute atomic E-state index is 12.1. The summed E-state index contributed by atoms with van der Waals surface area (Å²) in [7, 11) is 0. The molecule has 0 unspecified atom stereocenters. The molecule has 2 aromatic carbocycles. The molecule has 124 valence electrons. The first-order chi connectivity index (χ1) is 11.6. The van der Waals surface area contributed by atoms with Gasteiger partial charge in [0, 0.05) is 28.7 Å². The number of nitrogens with one attached hydrogen (secondary N) is 2. The Hall–Kier alpha value is -2.33. The van der Waals surface area contributed by atoms with Gasteiger partial charge in [-0.05, 0) is 49.1 Å². The van der Waals surface area contributed by atoms with Gasteiger partial charge in [-0.15, -0.1) is 0 Å². The average molecular weight is 343 g/mol. The Morgan fingerprint density at radius 1 is 1.00 bits per heavy atom. The van der Waals surface area contributed by atoms with Gasteiger partial charge in [0.05, 0.1) is 0 Å². The van der Waals surface area contributed by atoms with Crippen LogP contribution in [0.25, 0.3) is 0 Å². The molecule has 4 nitrogen and oxygen atoms in total. The lowest BCUT2D eigenvalue weighted by Crippen LogP contribution is -2.15. The highest BCUT2D eigenvalue weighted by Crippen LogP contribution is 2.30. The summed E-state index contributed by atoms with van der Waals surface area (Å²) in [5, 5.41) is 6.41. The van der Waals surface area contributed by atoms with Gasteiger partial charge in [-0.2, -0.15) is 0 Å². The molecular formula is C19H19ClN2O2. The highest BCUT2D eigenvalue weighted by Gasteiger charge is 2.29. The summed E-state index contributed by atoms with van der Waals surface area (Å²) in [5.74, 6) is 0.122. The van der Waals surface area contributed by atoms with Crippen molar-refractivity contribution < 1.29 is 9.59 Å². The van der Waals surface area contributed by atoms with E-state index in [0.29, 0.717) is 29.2 Å². The van der Waals surface area contributed by atoms with Crippen molar-refractivity contribution in [1.82, 2.24) is 0 Å². The molecule has 0 spiro atoms. The first kappa shape index (κ1) is 16.5. The van der Waals surface area contributed by atoms with Gasteiger partial charge in [0.2, 0.25) is 11.8 Å². The van der Waals surface area contributed by atoms with E-state index in [2.05, 4.69) is 10.6 Å². The Morgan fingerprint density at radius 3 is 2.42 bits per heavy atom. The number of anilines is 2. The first-order valence-corrected chi connectivity index (χ1v) is 8.44. The van der Waals surface area contributed by atoms with E-state index in [4.69, 9.17) is 11.6 Å². The molecule has 24 heavy (non-hydrogen) atoms. The van der Waals surface area contributed by atoms with Crippen LogP contribution in [0.15, 0.2) is 48.5 Å². The second kappa shape index (κ2) is 7.49. The van der Waals surface area contributed by atoms with E-state index in [1.807, 2.05) is 36.4 Å². The first-order valence-electron chi connectivity index (χ1n) is 8.06. The van der Waals surface area contributed by atoms with Gasteiger partial charge < -0.3 is 10.6 Å². The zero-order valence-corrected chi connectivity index (χ0v) is 14.0. The van der Waals surface area contributed by atoms with E-state index >= 15 is 0 Å². The molecule has 0 aromatic heterocycles. The zero-order valence-electron chi connectivity index (χ0n) is 13.2. The molecule has 0 heterocycles. The summed E-state index contributed by atoms with van der Waals surface area (Å²) >= 11 is 6.10. The molecule has 0 bridgehead atoms. The molecule has 2 amide bonds. The number of carbonyl (C=O) groups excluding carboxylic acids is 2. The maximum atomic E-state index is 12.1. The molecule has 0 aliphatic heterocycles. The predicted molar refractivity (Wildman–Crippen MR) is 96.2 cm³/mol. The van der Waals surface area contributed by atoms with Crippen molar-refractivity contribution in [1.29, 1.82) is 0 Å². The fraction of sp³-hybridized carbons (Fsp3) is 0.263. The van der Waals surface area contributed by atoms with Gasteiger partial charge in [0.1, 0.15) is 0 Å². The standard InChI is InChI=1S/C19H19ClN2O2/c20-17-7-2-1-4-13(17)10-11-18(23)21-15-5-3-6-16(12-15)22-19(24)14-8-9-14/h1-7,12,14H,8-11H2,(H,21,23)(H,22,24).